The summed E-state index contributed by atoms with van der Waals surface area (Å²) in [6.07, 6.45) is 0. The number of ether oxygens (including phenoxy) is 4. The number of rotatable bonds is 12. The van der Waals surface area contributed by atoms with E-state index in [1.54, 1.807) is 0 Å². The molecule has 0 spiro atoms. The van der Waals surface area contributed by atoms with E-state index in [2.05, 4.69) is 13.2 Å². The molecular weight excluding hydrogens is 328 g/mol. The van der Waals surface area contributed by atoms with Crippen LogP contribution in [0.4, 0.5) is 0 Å². The van der Waals surface area contributed by atoms with Crippen molar-refractivity contribution >= 4 is 10.8 Å². The molecule has 2 aromatic carbocycles. The van der Waals surface area contributed by atoms with Gasteiger partial charge in [-0.2, -0.15) is 0 Å². The van der Waals surface area contributed by atoms with Gasteiger partial charge in [0.25, 0.3) is 0 Å². The average Bonchev–Trinajstić information content (AvgIpc) is 2.61. The first-order chi connectivity index (χ1) is 12.6. The highest BCUT2D eigenvalue weighted by atomic mass is 16.5. The molecule has 0 saturated heterocycles. The van der Waals surface area contributed by atoms with Crippen LogP contribution < -0.4 is 9.47 Å². The van der Waals surface area contributed by atoms with Crippen LogP contribution in [0.5, 0.6) is 11.5 Å². The summed E-state index contributed by atoms with van der Waals surface area (Å²) in [5.41, 5.74) is 2.01. The molecule has 0 radical (unpaired) electrons. The molecule has 0 aliphatic carbocycles. The van der Waals surface area contributed by atoms with E-state index in [0.717, 1.165) is 33.4 Å². The van der Waals surface area contributed by atoms with Gasteiger partial charge >= 0.3 is 0 Å². The average molecular weight is 356 g/mol. The lowest BCUT2D eigenvalue weighted by Crippen LogP contribution is -2.09. The zero-order valence-corrected chi connectivity index (χ0v) is 15.8. The normalized spacial score (nSPS) is 10.7. The summed E-state index contributed by atoms with van der Waals surface area (Å²) in [5.74, 6) is 1.65. The first-order valence-electron chi connectivity index (χ1n) is 8.79. The fourth-order valence-corrected chi connectivity index (χ4v) is 2.42. The van der Waals surface area contributed by atoms with Crippen LogP contribution >= 0.6 is 0 Å². The predicted molar refractivity (Wildman–Crippen MR) is 106 cm³/mol. The van der Waals surface area contributed by atoms with Crippen molar-refractivity contribution in [3.8, 4) is 11.5 Å². The van der Waals surface area contributed by atoms with Crippen LogP contribution in [-0.2, 0) is 9.47 Å². The Morgan fingerprint density at radius 3 is 1.50 bits per heavy atom. The topological polar surface area (TPSA) is 36.9 Å². The summed E-state index contributed by atoms with van der Waals surface area (Å²) >= 11 is 0. The molecule has 0 fully saturated rings. The Bertz CT molecular complexity index is 673. The molecule has 4 heteroatoms. The van der Waals surface area contributed by atoms with Gasteiger partial charge in [0.15, 0.2) is 0 Å². The second-order valence-electron chi connectivity index (χ2n) is 6.32. The summed E-state index contributed by atoms with van der Waals surface area (Å²) in [6.45, 7) is 14.7. The van der Waals surface area contributed by atoms with Crippen LogP contribution in [0.15, 0.2) is 60.7 Å². The Labute approximate surface area is 156 Å². The first kappa shape index (κ1) is 20.0. The molecule has 0 aliphatic heterocycles. The third-order valence-electron chi connectivity index (χ3n) is 3.51. The molecule has 26 heavy (non-hydrogen) atoms. The highest BCUT2D eigenvalue weighted by Gasteiger charge is 2.07. The van der Waals surface area contributed by atoms with Gasteiger partial charge in [-0.1, -0.05) is 48.6 Å². The summed E-state index contributed by atoms with van der Waals surface area (Å²) in [5, 5.41) is 2.04. The number of fused-ring (bicyclic) bond motifs is 1. The number of hydrogen-bond acceptors (Lipinski definition) is 4. The standard InChI is InChI=1S/C22H28O4/c1-17(2)15-23-11-13-25-21-9-5-8-20-19(21)7-6-10-22(20)26-14-12-24-16-18(3)4/h5-10H,1,3,11-16H2,2,4H3. The van der Waals surface area contributed by atoms with Gasteiger partial charge < -0.3 is 18.9 Å². The fraction of sp³-hybridized carbons (Fsp3) is 0.364. The monoisotopic (exact) mass is 356 g/mol. The van der Waals surface area contributed by atoms with Gasteiger partial charge in [0.1, 0.15) is 24.7 Å². The van der Waals surface area contributed by atoms with E-state index in [1.807, 2.05) is 50.2 Å². The van der Waals surface area contributed by atoms with Gasteiger partial charge in [-0.3, -0.25) is 0 Å². The van der Waals surface area contributed by atoms with Crippen LogP contribution in [0.3, 0.4) is 0 Å². The molecule has 0 bridgehead atoms. The van der Waals surface area contributed by atoms with E-state index < -0.39 is 0 Å². The molecule has 0 heterocycles. The van der Waals surface area contributed by atoms with E-state index in [1.165, 1.54) is 0 Å². The molecule has 2 aromatic rings. The van der Waals surface area contributed by atoms with Gasteiger partial charge in [-0.15, -0.1) is 0 Å². The van der Waals surface area contributed by atoms with E-state index in [-0.39, 0.29) is 0 Å². The van der Waals surface area contributed by atoms with Crippen molar-refractivity contribution in [3.05, 3.63) is 60.7 Å². The highest BCUT2D eigenvalue weighted by Crippen LogP contribution is 2.32. The van der Waals surface area contributed by atoms with E-state index in [0.29, 0.717) is 39.6 Å². The SMILES string of the molecule is C=C(C)COCCOc1cccc2c(OCCOCC(=C)C)cccc12. The maximum Gasteiger partial charge on any atom is 0.127 e. The molecule has 140 valence electrons. The van der Waals surface area contributed by atoms with Gasteiger partial charge in [0, 0.05) is 10.8 Å². The van der Waals surface area contributed by atoms with Crippen LogP contribution in [0.1, 0.15) is 13.8 Å². The molecule has 0 amide bonds. The maximum atomic E-state index is 5.88. The van der Waals surface area contributed by atoms with Crippen molar-refractivity contribution < 1.29 is 18.9 Å². The Hall–Kier alpha value is -2.30. The minimum atomic E-state index is 0.492. The van der Waals surface area contributed by atoms with Crippen molar-refractivity contribution in [1.82, 2.24) is 0 Å². The Kier molecular flexibility index (Phi) is 8.19. The van der Waals surface area contributed by atoms with Crippen molar-refractivity contribution in [1.29, 1.82) is 0 Å². The van der Waals surface area contributed by atoms with Crippen molar-refractivity contribution in [3.63, 3.8) is 0 Å². The molecule has 4 nitrogen and oxygen atoms in total. The summed E-state index contributed by atoms with van der Waals surface area (Å²) in [6, 6.07) is 11.9. The minimum absolute atomic E-state index is 0.492. The van der Waals surface area contributed by atoms with E-state index in [9.17, 15) is 0 Å². The van der Waals surface area contributed by atoms with Crippen LogP contribution in [0.2, 0.25) is 0 Å². The van der Waals surface area contributed by atoms with Gasteiger partial charge in [0.2, 0.25) is 0 Å². The summed E-state index contributed by atoms with van der Waals surface area (Å²) in [7, 11) is 0. The van der Waals surface area contributed by atoms with E-state index in [4.69, 9.17) is 18.9 Å². The van der Waals surface area contributed by atoms with Crippen LogP contribution in [0, 0.1) is 0 Å². The summed E-state index contributed by atoms with van der Waals surface area (Å²) in [4.78, 5) is 0. The third-order valence-corrected chi connectivity index (χ3v) is 3.51. The van der Waals surface area contributed by atoms with Gasteiger partial charge in [0.05, 0.1) is 26.4 Å². The predicted octanol–water partition coefficient (Wildman–Crippen LogP) is 4.78. The Morgan fingerprint density at radius 1 is 0.692 bits per heavy atom. The maximum absolute atomic E-state index is 5.88. The Morgan fingerprint density at radius 2 is 1.12 bits per heavy atom. The fourth-order valence-electron chi connectivity index (χ4n) is 2.42. The lowest BCUT2D eigenvalue weighted by atomic mass is 10.1. The van der Waals surface area contributed by atoms with Gasteiger partial charge in [-0.05, 0) is 26.0 Å². The van der Waals surface area contributed by atoms with Gasteiger partial charge in [-0.25, -0.2) is 0 Å². The molecule has 0 aromatic heterocycles. The molecule has 0 N–H and O–H groups in total. The molecule has 0 unspecified atom stereocenters. The smallest absolute Gasteiger partial charge is 0.127 e. The largest absolute Gasteiger partial charge is 0.491 e. The molecule has 0 atom stereocenters. The second-order valence-corrected chi connectivity index (χ2v) is 6.32. The third kappa shape index (κ3) is 6.54. The van der Waals surface area contributed by atoms with Crippen LogP contribution in [-0.4, -0.2) is 39.6 Å². The number of benzene rings is 2. The quantitative estimate of drug-likeness (QED) is 0.405. The molecule has 2 rings (SSSR count). The minimum Gasteiger partial charge on any atom is -0.491 e. The molecule has 0 saturated carbocycles. The zero-order valence-electron chi connectivity index (χ0n) is 15.8. The zero-order chi connectivity index (χ0) is 18.8. The second kappa shape index (κ2) is 10.6. The number of hydrogen-bond donors (Lipinski definition) is 0. The highest BCUT2D eigenvalue weighted by molar-refractivity contribution is 5.93. The molecular formula is C22H28O4. The van der Waals surface area contributed by atoms with Crippen LogP contribution in [0.25, 0.3) is 10.8 Å². The lowest BCUT2D eigenvalue weighted by molar-refractivity contribution is 0.117. The Balaban J connectivity index is 1.94. The van der Waals surface area contributed by atoms with Crippen molar-refractivity contribution in [2.24, 2.45) is 0 Å². The van der Waals surface area contributed by atoms with E-state index >= 15 is 0 Å². The summed E-state index contributed by atoms with van der Waals surface area (Å²) < 4.78 is 22.7. The van der Waals surface area contributed by atoms with Crippen molar-refractivity contribution in [2.75, 3.05) is 39.6 Å². The lowest BCUT2D eigenvalue weighted by Gasteiger charge is -2.13. The molecule has 0 aliphatic rings. The first-order valence-corrected chi connectivity index (χ1v) is 8.79. The van der Waals surface area contributed by atoms with Crippen molar-refractivity contribution in [2.45, 2.75) is 13.8 Å².